The van der Waals surface area contributed by atoms with Gasteiger partial charge in [0.1, 0.15) is 19.7 Å². The third-order valence-electron chi connectivity index (χ3n) is 7.87. The lowest BCUT2D eigenvalue weighted by atomic mass is 9.84. The molecular weight excluding hydrogens is 615 g/mol. The summed E-state index contributed by atoms with van der Waals surface area (Å²) >= 11 is 2.32. The Hall–Kier alpha value is -0.303. The lowest BCUT2D eigenvalue weighted by Gasteiger charge is -2.46. The number of esters is 1. The standard InChI is InChI=1S/C29H53IO7Si/c1-19(26(35-18-33-10)20(2)15-21(3)30)13-14-24(34-17-32-9)16-25-22(4)27(23(5)28(31)36-25)37-38(11,12)29(6,7)8/h13-15,19-20,22-27H,16-18H2,1-12H3/b14-13?,21-15-/t19-,20-,22-,23+,24+,25-,26-,27-/m0/s1. The number of methoxy groups -OCH3 is 2. The van der Waals surface area contributed by atoms with Crippen LogP contribution in [0.15, 0.2) is 21.8 Å². The van der Waals surface area contributed by atoms with Gasteiger partial charge in [-0.15, -0.1) is 0 Å². The van der Waals surface area contributed by atoms with Crippen LogP contribution in [0.4, 0.5) is 0 Å². The highest BCUT2D eigenvalue weighted by atomic mass is 127. The zero-order chi connectivity index (χ0) is 29.3. The van der Waals surface area contributed by atoms with E-state index < -0.39 is 8.32 Å². The van der Waals surface area contributed by atoms with Crippen LogP contribution >= 0.6 is 22.6 Å². The van der Waals surface area contributed by atoms with Gasteiger partial charge < -0.3 is 28.1 Å². The first-order valence-corrected chi connectivity index (χ1v) is 17.7. The zero-order valence-corrected chi connectivity index (χ0v) is 28.9. The van der Waals surface area contributed by atoms with Crippen LogP contribution in [0.3, 0.4) is 0 Å². The van der Waals surface area contributed by atoms with Gasteiger partial charge in [0.15, 0.2) is 8.32 Å². The maximum Gasteiger partial charge on any atom is 0.311 e. The van der Waals surface area contributed by atoms with E-state index in [1.165, 1.54) is 3.58 Å². The average molecular weight is 669 g/mol. The lowest BCUT2D eigenvalue weighted by Crippen LogP contribution is -2.54. The van der Waals surface area contributed by atoms with Crippen molar-refractivity contribution >= 4 is 36.9 Å². The topological polar surface area (TPSA) is 72.5 Å². The van der Waals surface area contributed by atoms with Gasteiger partial charge in [0.25, 0.3) is 0 Å². The Kier molecular flexibility index (Phi) is 15.2. The van der Waals surface area contributed by atoms with Gasteiger partial charge in [0, 0.05) is 38.4 Å². The van der Waals surface area contributed by atoms with Crippen molar-refractivity contribution in [1.29, 1.82) is 0 Å². The van der Waals surface area contributed by atoms with E-state index in [1.807, 2.05) is 13.0 Å². The number of carbonyl (C=O) groups is 1. The monoisotopic (exact) mass is 668 g/mol. The second-order valence-electron chi connectivity index (χ2n) is 12.2. The molecule has 222 valence electrons. The largest absolute Gasteiger partial charge is 0.462 e. The van der Waals surface area contributed by atoms with Crippen LogP contribution < -0.4 is 0 Å². The van der Waals surface area contributed by atoms with Gasteiger partial charge in [-0.3, -0.25) is 4.79 Å². The van der Waals surface area contributed by atoms with Crippen LogP contribution in [0.1, 0.15) is 61.8 Å². The normalized spacial score (nSPS) is 26.8. The van der Waals surface area contributed by atoms with Crippen LogP contribution in [0, 0.1) is 23.7 Å². The number of hydrogen-bond donors (Lipinski definition) is 0. The minimum atomic E-state index is -2.07. The summed E-state index contributed by atoms with van der Waals surface area (Å²) in [6.45, 7) is 21.9. The molecule has 0 spiro atoms. The summed E-state index contributed by atoms with van der Waals surface area (Å²) in [6, 6.07) is 0. The summed E-state index contributed by atoms with van der Waals surface area (Å²) in [7, 11) is 1.16. The number of rotatable bonds is 15. The van der Waals surface area contributed by atoms with Crippen molar-refractivity contribution in [3.63, 3.8) is 0 Å². The minimum Gasteiger partial charge on any atom is -0.462 e. The predicted molar refractivity (Wildman–Crippen MR) is 164 cm³/mol. The smallest absolute Gasteiger partial charge is 0.311 e. The Bertz CT molecular complexity index is 775. The van der Waals surface area contributed by atoms with Crippen LogP contribution in [-0.4, -0.2) is 66.5 Å². The SMILES string of the molecule is COCO[C@@H]([C@@H](C)C=C[C@H](C[C@@H]1OC(=O)[C@H](C)[C@@H](O[Si](C)(C)C(C)(C)C)[C@H]1C)OCOC)[C@@H](C)/C=C(/C)I. The van der Waals surface area contributed by atoms with Crippen molar-refractivity contribution in [2.45, 2.75) is 104 Å². The van der Waals surface area contributed by atoms with Gasteiger partial charge in [-0.1, -0.05) is 59.8 Å². The molecule has 8 atom stereocenters. The highest BCUT2D eigenvalue weighted by Crippen LogP contribution is 2.41. The molecule has 9 heteroatoms. The summed E-state index contributed by atoms with van der Waals surface area (Å²) < 4.78 is 36.4. The molecule has 0 aromatic heterocycles. The Morgan fingerprint density at radius 3 is 2.16 bits per heavy atom. The highest BCUT2D eigenvalue weighted by Gasteiger charge is 2.48. The van der Waals surface area contributed by atoms with Crippen LogP contribution in [0.2, 0.25) is 18.1 Å². The first-order valence-electron chi connectivity index (χ1n) is 13.7. The number of hydrogen-bond acceptors (Lipinski definition) is 7. The molecule has 0 aromatic rings. The molecule has 0 aromatic carbocycles. The van der Waals surface area contributed by atoms with E-state index in [-0.39, 0.29) is 72.7 Å². The first-order chi connectivity index (χ1) is 17.5. The second-order valence-corrected chi connectivity index (χ2v) is 18.7. The molecule has 1 saturated heterocycles. The summed E-state index contributed by atoms with van der Waals surface area (Å²) in [5, 5.41) is 0.0515. The molecule has 1 heterocycles. The van der Waals surface area contributed by atoms with Gasteiger partial charge in [0.2, 0.25) is 0 Å². The lowest BCUT2D eigenvalue weighted by molar-refractivity contribution is -0.179. The number of carbonyl (C=O) groups excluding carboxylic acids is 1. The van der Waals surface area contributed by atoms with Gasteiger partial charge in [-0.2, -0.15) is 0 Å². The number of allylic oxidation sites excluding steroid dienone is 1. The van der Waals surface area contributed by atoms with Crippen molar-refractivity contribution in [3.05, 3.63) is 21.8 Å². The van der Waals surface area contributed by atoms with E-state index in [4.69, 9.17) is 28.1 Å². The molecule has 0 amide bonds. The Morgan fingerprint density at radius 2 is 1.63 bits per heavy atom. The van der Waals surface area contributed by atoms with Crippen molar-refractivity contribution in [1.82, 2.24) is 0 Å². The van der Waals surface area contributed by atoms with Crippen LogP contribution in [0.25, 0.3) is 0 Å². The molecule has 0 N–H and O–H groups in total. The quantitative estimate of drug-likeness (QED) is 0.0606. The number of ether oxygens (including phenoxy) is 5. The molecule has 0 radical (unpaired) electrons. The predicted octanol–water partition coefficient (Wildman–Crippen LogP) is 7.11. The van der Waals surface area contributed by atoms with E-state index in [1.54, 1.807) is 14.2 Å². The van der Waals surface area contributed by atoms with E-state index >= 15 is 0 Å². The Morgan fingerprint density at radius 1 is 1.05 bits per heavy atom. The van der Waals surface area contributed by atoms with E-state index in [2.05, 4.69) is 96.3 Å². The maximum absolute atomic E-state index is 12.9. The molecular formula is C29H53IO7Si. The fraction of sp³-hybridized carbons (Fsp3) is 0.828. The van der Waals surface area contributed by atoms with E-state index in [9.17, 15) is 4.79 Å². The maximum atomic E-state index is 12.9. The minimum absolute atomic E-state index is 0.0332. The molecule has 0 saturated carbocycles. The van der Waals surface area contributed by atoms with Crippen LogP contribution in [0.5, 0.6) is 0 Å². The van der Waals surface area contributed by atoms with E-state index in [0.717, 1.165) is 0 Å². The molecule has 1 aliphatic heterocycles. The highest BCUT2D eigenvalue weighted by molar-refractivity contribution is 14.1. The van der Waals surface area contributed by atoms with Crippen molar-refractivity contribution in [2.24, 2.45) is 23.7 Å². The summed E-state index contributed by atoms with van der Waals surface area (Å²) in [4.78, 5) is 12.9. The average Bonchev–Trinajstić information content (AvgIpc) is 2.80. The van der Waals surface area contributed by atoms with Crippen LogP contribution in [-0.2, 0) is 32.9 Å². The van der Waals surface area contributed by atoms with Gasteiger partial charge in [-0.25, -0.2) is 0 Å². The first kappa shape index (κ1) is 35.7. The Labute approximate surface area is 246 Å². The molecule has 0 aliphatic carbocycles. The second kappa shape index (κ2) is 16.2. The molecule has 1 fully saturated rings. The molecule has 38 heavy (non-hydrogen) atoms. The molecule has 1 rings (SSSR count). The third kappa shape index (κ3) is 10.9. The number of cyclic esters (lactones) is 1. The molecule has 7 nitrogen and oxygen atoms in total. The Balaban J connectivity index is 3.12. The van der Waals surface area contributed by atoms with Gasteiger partial charge in [0.05, 0.1) is 24.2 Å². The van der Waals surface area contributed by atoms with E-state index in [0.29, 0.717) is 6.42 Å². The molecule has 1 aliphatic rings. The van der Waals surface area contributed by atoms with Gasteiger partial charge >= 0.3 is 5.97 Å². The summed E-state index contributed by atoms with van der Waals surface area (Å²) in [5.74, 6) is -0.178. The van der Waals surface area contributed by atoms with Crippen molar-refractivity contribution in [3.8, 4) is 0 Å². The fourth-order valence-corrected chi connectivity index (χ4v) is 6.56. The van der Waals surface area contributed by atoms with Gasteiger partial charge in [-0.05, 0) is 58.2 Å². The third-order valence-corrected chi connectivity index (χ3v) is 12.7. The van der Waals surface area contributed by atoms with Crippen molar-refractivity contribution in [2.75, 3.05) is 27.8 Å². The summed E-state index contributed by atoms with van der Waals surface area (Å²) in [6.07, 6.45) is 6.03. The molecule has 0 unspecified atom stereocenters. The molecule has 0 bridgehead atoms. The van der Waals surface area contributed by atoms with Crippen molar-refractivity contribution < 1.29 is 32.9 Å². The number of halogens is 1. The fourth-order valence-electron chi connectivity index (χ4n) is 4.54. The summed E-state index contributed by atoms with van der Waals surface area (Å²) in [5.41, 5.74) is 0. The zero-order valence-electron chi connectivity index (χ0n) is 25.7.